The Kier molecular flexibility index (Phi) is 4.14. The van der Waals surface area contributed by atoms with Crippen LogP contribution in [0.5, 0.6) is 0 Å². The summed E-state index contributed by atoms with van der Waals surface area (Å²) in [5, 5.41) is 10.8. The Morgan fingerprint density at radius 1 is 1.26 bits per heavy atom. The fourth-order valence-corrected chi connectivity index (χ4v) is 2.93. The van der Waals surface area contributed by atoms with Crippen LogP contribution in [0, 0.1) is 6.92 Å². The monoisotopic (exact) mass is 316 g/mol. The standard InChI is InChI=1S/C16H20N4O3/c1-11-2-3-13(17-9-11)16(23)4-6-20(7-5-16)10-12-8-14(21)19-15(22)18-12/h2-3,8-9,23H,4-7,10H2,1H3,(H2,18,19,21,22). The first-order valence-corrected chi connectivity index (χ1v) is 7.65. The quantitative estimate of drug-likeness (QED) is 0.753. The number of H-pyrrole nitrogens is 2. The molecule has 7 heteroatoms. The Hall–Kier alpha value is -2.25. The van der Waals surface area contributed by atoms with E-state index >= 15 is 0 Å². The Morgan fingerprint density at radius 2 is 2.00 bits per heavy atom. The van der Waals surface area contributed by atoms with E-state index < -0.39 is 16.9 Å². The number of aliphatic hydroxyl groups is 1. The number of hydrogen-bond donors (Lipinski definition) is 3. The van der Waals surface area contributed by atoms with Crippen molar-refractivity contribution in [2.24, 2.45) is 0 Å². The lowest BCUT2D eigenvalue weighted by molar-refractivity contribution is -0.0313. The number of pyridine rings is 1. The highest BCUT2D eigenvalue weighted by molar-refractivity contribution is 5.18. The zero-order valence-electron chi connectivity index (χ0n) is 13.0. The van der Waals surface area contributed by atoms with Crippen LogP contribution in [-0.2, 0) is 12.1 Å². The fraction of sp³-hybridized carbons (Fsp3) is 0.438. The molecule has 3 N–H and O–H groups in total. The smallest absolute Gasteiger partial charge is 0.325 e. The molecule has 1 aliphatic rings. The van der Waals surface area contributed by atoms with Crippen LogP contribution in [0.2, 0.25) is 0 Å². The van der Waals surface area contributed by atoms with Gasteiger partial charge in [-0.1, -0.05) is 6.07 Å². The second-order valence-corrected chi connectivity index (χ2v) is 6.14. The van der Waals surface area contributed by atoms with E-state index in [0.29, 0.717) is 43.9 Å². The Morgan fingerprint density at radius 3 is 2.61 bits per heavy atom. The average Bonchev–Trinajstić information content (AvgIpc) is 2.49. The van der Waals surface area contributed by atoms with Gasteiger partial charge in [-0.2, -0.15) is 0 Å². The predicted molar refractivity (Wildman–Crippen MR) is 85.1 cm³/mol. The van der Waals surface area contributed by atoms with Crippen molar-refractivity contribution in [2.45, 2.75) is 31.9 Å². The summed E-state index contributed by atoms with van der Waals surface area (Å²) in [7, 11) is 0. The molecule has 122 valence electrons. The van der Waals surface area contributed by atoms with Crippen molar-refractivity contribution >= 4 is 0 Å². The Labute approximate surface area is 133 Å². The maximum Gasteiger partial charge on any atom is 0.325 e. The van der Waals surface area contributed by atoms with Gasteiger partial charge in [0.1, 0.15) is 5.60 Å². The Bertz CT molecular complexity index is 758. The van der Waals surface area contributed by atoms with E-state index in [1.165, 1.54) is 6.07 Å². The molecule has 0 atom stereocenters. The lowest BCUT2D eigenvalue weighted by Gasteiger charge is -2.37. The average molecular weight is 316 g/mol. The number of likely N-dealkylation sites (tertiary alicyclic amines) is 1. The van der Waals surface area contributed by atoms with Gasteiger partial charge in [0, 0.05) is 37.6 Å². The molecule has 3 rings (SSSR count). The molecule has 0 radical (unpaired) electrons. The number of aromatic amines is 2. The zero-order valence-corrected chi connectivity index (χ0v) is 13.0. The van der Waals surface area contributed by atoms with Crippen molar-refractivity contribution in [2.75, 3.05) is 13.1 Å². The molecule has 0 aromatic carbocycles. The van der Waals surface area contributed by atoms with Gasteiger partial charge in [0.05, 0.1) is 5.69 Å². The van der Waals surface area contributed by atoms with Crippen LogP contribution in [0.1, 0.15) is 29.8 Å². The second-order valence-electron chi connectivity index (χ2n) is 6.14. The SMILES string of the molecule is Cc1ccc(C2(O)CCN(Cc3cc(=O)[nH]c(=O)[nH]3)CC2)nc1. The Balaban J connectivity index is 1.67. The molecule has 7 nitrogen and oxygen atoms in total. The van der Waals surface area contributed by atoms with Crippen LogP contribution >= 0.6 is 0 Å². The molecular formula is C16H20N4O3. The van der Waals surface area contributed by atoms with Gasteiger partial charge in [-0.25, -0.2) is 4.79 Å². The minimum atomic E-state index is -0.911. The maximum atomic E-state index is 11.3. The van der Waals surface area contributed by atoms with Crippen LogP contribution in [0.3, 0.4) is 0 Å². The maximum absolute atomic E-state index is 11.3. The van der Waals surface area contributed by atoms with Crippen molar-refractivity contribution in [3.05, 3.63) is 62.2 Å². The summed E-state index contributed by atoms with van der Waals surface area (Å²) in [6.45, 7) is 3.78. The van der Waals surface area contributed by atoms with Crippen molar-refractivity contribution in [3.63, 3.8) is 0 Å². The van der Waals surface area contributed by atoms with Crippen molar-refractivity contribution < 1.29 is 5.11 Å². The van der Waals surface area contributed by atoms with Crippen molar-refractivity contribution in [3.8, 4) is 0 Å². The molecule has 1 fully saturated rings. The minimum absolute atomic E-state index is 0.402. The van der Waals surface area contributed by atoms with Crippen LogP contribution in [0.25, 0.3) is 0 Å². The van der Waals surface area contributed by atoms with E-state index in [-0.39, 0.29) is 0 Å². The molecule has 23 heavy (non-hydrogen) atoms. The van der Waals surface area contributed by atoms with Crippen LogP contribution in [-0.4, -0.2) is 38.0 Å². The molecule has 0 unspecified atom stereocenters. The summed E-state index contributed by atoms with van der Waals surface area (Å²) < 4.78 is 0. The van der Waals surface area contributed by atoms with Gasteiger partial charge >= 0.3 is 5.69 Å². The van der Waals surface area contributed by atoms with Gasteiger partial charge < -0.3 is 10.1 Å². The van der Waals surface area contributed by atoms with Gasteiger partial charge in [-0.15, -0.1) is 0 Å². The summed E-state index contributed by atoms with van der Waals surface area (Å²) in [4.78, 5) is 33.8. The molecule has 0 aliphatic carbocycles. The van der Waals surface area contributed by atoms with E-state index in [0.717, 1.165) is 5.56 Å². The first kappa shape index (κ1) is 15.6. The number of nitrogens with one attached hydrogen (secondary N) is 2. The molecule has 2 aromatic heterocycles. The molecule has 0 saturated carbocycles. The normalized spacial score (nSPS) is 18.0. The molecule has 2 aromatic rings. The molecule has 1 aliphatic heterocycles. The highest BCUT2D eigenvalue weighted by Gasteiger charge is 2.35. The number of nitrogens with zero attached hydrogens (tertiary/aromatic N) is 2. The third-order valence-corrected chi connectivity index (χ3v) is 4.28. The van der Waals surface area contributed by atoms with Gasteiger partial charge in [0.15, 0.2) is 0 Å². The summed E-state index contributed by atoms with van der Waals surface area (Å²) in [6, 6.07) is 5.22. The first-order valence-electron chi connectivity index (χ1n) is 7.65. The molecular weight excluding hydrogens is 296 g/mol. The molecule has 0 spiro atoms. The van der Waals surface area contributed by atoms with E-state index in [9.17, 15) is 14.7 Å². The lowest BCUT2D eigenvalue weighted by Crippen LogP contribution is -2.43. The van der Waals surface area contributed by atoms with E-state index in [1.54, 1.807) is 6.20 Å². The number of aryl methyl sites for hydroxylation is 1. The summed E-state index contributed by atoms with van der Waals surface area (Å²) in [5.41, 5.74) is 0.537. The van der Waals surface area contributed by atoms with E-state index in [2.05, 4.69) is 19.9 Å². The molecule has 1 saturated heterocycles. The second kappa shape index (κ2) is 6.10. The van der Waals surface area contributed by atoms with Gasteiger partial charge in [0.25, 0.3) is 5.56 Å². The molecule has 0 amide bonds. The third-order valence-electron chi connectivity index (χ3n) is 4.28. The zero-order chi connectivity index (χ0) is 16.4. The minimum Gasteiger partial charge on any atom is -0.383 e. The number of piperidine rings is 1. The highest BCUT2D eigenvalue weighted by Crippen LogP contribution is 2.31. The van der Waals surface area contributed by atoms with Crippen molar-refractivity contribution in [1.82, 2.24) is 19.9 Å². The largest absolute Gasteiger partial charge is 0.383 e. The van der Waals surface area contributed by atoms with Crippen LogP contribution in [0.15, 0.2) is 34.0 Å². The molecule has 0 bridgehead atoms. The topological polar surface area (TPSA) is 102 Å². The van der Waals surface area contributed by atoms with Gasteiger partial charge in [-0.3, -0.25) is 19.7 Å². The van der Waals surface area contributed by atoms with Gasteiger partial charge in [0.2, 0.25) is 0 Å². The summed E-state index contributed by atoms with van der Waals surface area (Å²) >= 11 is 0. The number of aromatic nitrogens is 3. The number of hydrogen-bond acceptors (Lipinski definition) is 5. The molecule has 3 heterocycles. The van der Waals surface area contributed by atoms with Crippen LogP contribution in [0.4, 0.5) is 0 Å². The predicted octanol–water partition coefficient (Wildman–Crippen LogP) is 0.250. The fourth-order valence-electron chi connectivity index (χ4n) is 2.93. The van der Waals surface area contributed by atoms with E-state index in [4.69, 9.17) is 0 Å². The highest BCUT2D eigenvalue weighted by atomic mass is 16.3. The summed E-state index contributed by atoms with van der Waals surface area (Å²) in [6.07, 6.45) is 2.90. The van der Waals surface area contributed by atoms with Crippen molar-refractivity contribution in [1.29, 1.82) is 0 Å². The van der Waals surface area contributed by atoms with E-state index in [1.807, 2.05) is 19.1 Å². The number of rotatable bonds is 3. The summed E-state index contributed by atoms with van der Waals surface area (Å²) in [5.74, 6) is 0. The van der Waals surface area contributed by atoms with Crippen LogP contribution < -0.4 is 11.2 Å². The third kappa shape index (κ3) is 3.57. The van der Waals surface area contributed by atoms with Gasteiger partial charge in [-0.05, 0) is 31.4 Å². The lowest BCUT2D eigenvalue weighted by atomic mass is 9.87. The first-order chi connectivity index (χ1) is 10.9.